The molecule has 5 aromatic rings. The second-order valence-electron chi connectivity index (χ2n) is 9.12. The van der Waals surface area contributed by atoms with Crippen molar-refractivity contribution in [3.8, 4) is 6.07 Å². The van der Waals surface area contributed by atoms with Gasteiger partial charge in [-0.1, -0.05) is 40.5 Å². The minimum atomic E-state index is -0.346. The number of anilines is 3. The van der Waals surface area contributed by atoms with Gasteiger partial charge in [0.2, 0.25) is 0 Å². The molecule has 0 saturated heterocycles. The number of aromatic nitrogens is 5. The van der Waals surface area contributed by atoms with Gasteiger partial charge in [-0.25, -0.2) is 4.68 Å². The van der Waals surface area contributed by atoms with Crippen LogP contribution in [0, 0.1) is 18.3 Å². The molecule has 0 saturated carbocycles. The van der Waals surface area contributed by atoms with Crippen LogP contribution in [-0.4, -0.2) is 25.0 Å². The molecular weight excluding hydrogens is 519 g/mol. The van der Waals surface area contributed by atoms with Gasteiger partial charge in [0.05, 0.1) is 34.0 Å². The van der Waals surface area contributed by atoms with E-state index in [1.165, 1.54) is 6.20 Å². The summed E-state index contributed by atoms with van der Waals surface area (Å²) >= 11 is 12.9. The number of rotatable bonds is 7. The highest BCUT2D eigenvalue weighted by molar-refractivity contribution is 6.36. The largest absolute Gasteiger partial charge is 0.373 e. The Morgan fingerprint density at radius 1 is 1.03 bits per heavy atom. The molecule has 3 heterocycles. The zero-order chi connectivity index (χ0) is 26.8. The quantitative estimate of drug-likeness (QED) is 0.223. The van der Waals surface area contributed by atoms with Gasteiger partial charge in [-0.3, -0.25) is 9.97 Å². The summed E-state index contributed by atoms with van der Waals surface area (Å²) < 4.78 is 1.82. The Bertz CT molecular complexity index is 1670. The molecule has 0 unspecified atom stereocenters. The molecule has 0 aliphatic rings. The lowest BCUT2D eigenvalue weighted by Crippen LogP contribution is -2.15. The van der Waals surface area contributed by atoms with Crippen molar-refractivity contribution < 1.29 is 0 Å². The van der Waals surface area contributed by atoms with E-state index >= 15 is 0 Å². The SMILES string of the molecule is Cc1ncccc1[C@H](Nc1cc(Cl)c2ncc(C#N)c(Nc3cccc(Cl)c3)c2c1)c1cn(C(C)C)nn1. The third-order valence-electron chi connectivity index (χ3n) is 6.16. The molecule has 0 spiro atoms. The molecule has 0 aliphatic heterocycles. The Hall–Kier alpha value is -4.19. The molecule has 2 aromatic carbocycles. The van der Waals surface area contributed by atoms with Gasteiger partial charge >= 0.3 is 0 Å². The number of benzene rings is 2. The molecule has 0 radical (unpaired) electrons. The first kappa shape index (κ1) is 25.5. The topological polar surface area (TPSA) is 104 Å². The van der Waals surface area contributed by atoms with E-state index in [0.717, 1.165) is 28.3 Å². The van der Waals surface area contributed by atoms with Crippen LogP contribution < -0.4 is 10.6 Å². The van der Waals surface area contributed by atoms with Crippen molar-refractivity contribution in [2.45, 2.75) is 32.9 Å². The minimum absolute atomic E-state index is 0.164. The lowest BCUT2D eigenvalue weighted by atomic mass is 10.0. The predicted molar refractivity (Wildman–Crippen MR) is 151 cm³/mol. The highest BCUT2D eigenvalue weighted by Crippen LogP contribution is 2.37. The summed E-state index contributed by atoms with van der Waals surface area (Å²) in [4.78, 5) is 8.94. The fourth-order valence-electron chi connectivity index (χ4n) is 4.23. The Morgan fingerprint density at radius 3 is 2.58 bits per heavy atom. The van der Waals surface area contributed by atoms with Crippen molar-refractivity contribution in [1.82, 2.24) is 25.0 Å². The predicted octanol–water partition coefficient (Wildman–Crippen LogP) is 7.23. The van der Waals surface area contributed by atoms with Gasteiger partial charge < -0.3 is 10.6 Å². The molecule has 0 fully saturated rings. The summed E-state index contributed by atoms with van der Waals surface area (Å²) in [6.07, 6.45) is 5.20. The molecule has 0 amide bonds. The van der Waals surface area contributed by atoms with Crippen LogP contribution in [0.15, 0.2) is 67.1 Å². The maximum atomic E-state index is 9.84. The van der Waals surface area contributed by atoms with Gasteiger partial charge in [-0.15, -0.1) is 5.10 Å². The van der Waals surface area contributed by atoms with E-state index in [4.69, 9.17) is 23.2 Å². The fourth-order valence-corrected chi connectivity index (χ4v) is 4.69. The number of halogens is 2. The summed E-state index contributed by atoms with van der Waals surface area (Å²) in [5.41, 5.74) is 5.57. The summed E-state index contributed by atoms with van der Waals surface area (Å²) in [6, 6.07) is 17.0. The minimum Gasteiger partial charge on any atom is -0.373 e. The maximum absolute atomic E-state index is 9.84. The summed E-state index contributed by atoms with van der Waals surface area (Å²) in [5.74, 6) is 0. The zero-order valence-corrected chi connectivity index (χ0v) is 22.5. The zero-order valence-electron chi connectivity index (χ0n) is 20.9. The molecule has 0 bridgehead atoms. The average molecular weight is 543 g/mol. The van der Waals surface area contributed by atoms with Crippen LogP contribution in [0.25, 0.3) is 10.9 Å². The van der Waals surface area contributed by atoms with Crippen molar-refractivity contribution in [2.24, 2.45) is 0 Å². The maximum Gasteiger partial charge on any atom is 0.110 e. The van der Waals surface area contributed by atoms with Gasteiger partial charge in [-0.05, 0) is 57.2 Å². The standard InChI is InChI=1S/C28H24Cl2N8/c1-16(2)38-15-25(36-37-38)28(22-8-5-9-32-17(22)3)35-21-11-23-26(34-20-7-4-6-19(29)10-20)18(13-31)14-33-27(23)24(30)12-21/h4-12,14-16,28,35H,1-3H3,(H,33,34)/t28-/m0/s1. The van der Waals surface area contributed by atoms with E-state index in [2.05, 4.69) is 37.0 Å². The van der Waals surface area contributed by atoms with E-state index < -0.39 is 0 Å². The molecular formula is C28H24Cl2N8. The van der Waals surface area contributed by atoms with Crippen LogP contribution in [-0.2, 0) is 0 Å². The third kappa shape index (κ3) is 5.12. The lowest BCUT2D eigenvalue weighted by Gasteiger charge is -2.21. The first-order valence-corrected chi connectivity index (χ1v) is 12.7. The average Bonchev–Trinajstić information content (AvgIpc) is 3.39. The van der Waals surface area contributed by atoms with E-state index in [0.29, 0.717) is 32.2 Å². The molecule has 0 aliphatic carbocycles. The molecule has 8 nitrogen and oxygen atoms in total. The third-order valence-corrected chi connectivity index (χ3v) is 6.69. The number of pyridine rings is 2. The van der Waals surface area contributed by atoms with Crippen molar-refractivity contribution in [1.29, 1.82) is 5.26 Å². The lowest BCUT2D eigenvalue weighted by molar-refractivity contribution is 0.514. The fraction of sp³-hybridized carbons (Fsp3) is 0.179. The van der Waals surface area contributed by atoms with Crippen LogP contribution in [0.2, 0.25) is 10.0 Å². The number of nitriles is 1. The number of nitrogens with zero attached hydrogens (tertiary/aromatic N) is 6. The number of hydrogen-bond donors (Lipinski definition) is 2. The van der Waals surface area contributed by atoms with Gasteiger partial charge in [0.15, 0.2) is 0 Å². The molecule has 190 valence electrons. The Kier molecular flexibility index (Phi) is 7.14. The van der Waals surface area contributed by atoms with E-state index in [9.17, 15) is 5.26 Å². The second-order valence-corrected chi connectivity index (χ2v) is 9.96. The number of aryl methyl sites for hydroxylation is 1. The van der Waals surface area contributed by atoms with E-state index in [-0.39, 0.29) is 12.1 Å². The van der Waals surface area contributed by atoms with Gasteiger partial charge in [-0.2, -0.15) is 5.26 Å². The van der Waals surface area contributed by atoms with Crippen LogP contribution >= 0.6 is 23.2 Å². The monoisotopic (exact) mass is 542 g/mol. The van der Waals surface area contributed by atoms with Crippen molar-refractivity contribution in [3.05, 3.63) is 99.7 Å². The molecule has 1 atom stereocenters. The number of fused-ring (bicyclic) bond motifs is 1. The summed E-state index contributed by atoms with van der Waals surface area (Å²) in [7, 11) is 0. The van der Waals surface area contributed by atoms with Gasteiger partial charge in [0, 0.05) is 51.5 Å². The van der Waals surface area contributed by atoms with Crippen molar-refractivity contribution in [2.75, 3.05) is 10.6 Å². The molecule has 38 heavy (non-hydrogen) atoms. The van der Waals surface area contributed by atoms with Crippen LogP contribution in [0.3, 0.4) is 0 Å². The Labute approximate surface area is 230 Å². The highest BCUT2D eigenvalue weighted by Gasteiger charge is 2.22. The van der Waals surface area contributed by atoms with Gasteiger partial charge in [0.1, 0.15) is 11.8 Å². The molecule has 10 heteroatoms. The number of hydrogen-bond acceptors (Lipinski definition) is 7. The first-order valence-electron chi connectivity index (χ1n) is 12.0. The molecule has 2 N–H and O–H groups in total. The second kappa shape index (κ2) is 10.7. The van der Waals surface area contributed by atoms with Crippen molar-refractivity contribution >= 4 is 51.2 Å². The molecule has 3 aromatic heterocycles. The molecule has 5 rings (SSSR count). The number of nitrogens with one attached hydrogen (secondary N) is 2. The smallest absolute Gasteiger partial charge is 0.110 e. The van der Waals surface area contributed by atoms with Crippen molar-refractivity contribution in [3.63, 3.8) is 0 Å². The van der Waals surface area contributed by atoms with Crippen LogP contribution in [0.4, 0.5) is 17.1 Å². The van der Waals surface area contributed by atoms with Crippen LogP contribution in [0.1, 0.15) is 48.4 Å². The normalized spacial score (nSPS) is 11.9. The van der Waals surface area contributed by atoms with Crippen LogP contribution in [0.5, 0.6) is 0 Å². The first-order chi connectivity index (χ1) is 18.3. The van der Waals surface area contributed by atoms with E-state index in [1.54, 1.807) is 18.3 Å². The van der Waals surface area contributed by atoms with Gasteiger partial charge in [0.25, 0.3) is 0 Å². The summed E-state index contributed by atoms with van der Waals surface area (Å²) in [6.45, 7) is 6.06. The Balaban J connectivity index is 1.63. The van der Waals surface area contributed by atoms with E-state index in [1.807, 2.05) is 68.0 Å². The summed E-state index contributed by atoms with van der Waals surface area (Å²) in [5, 5.41) is 27.2. The highest BCUT2D eigenvalue weighted by atomic mass is 35.5. The Morgan fingerprint density at radius 2 is 1.87 bits per heavy atom.